The Bertz CT molecular complexity index is 1320. The molecule has 1 fully saturated rings. The summed E-state index contributed by atoms with van der Waals surface area (Å²) in [5.74, 6) is -4.40. The number of hydrogen-bond donors (Lipinski definition) is 4. The van der Waals surface area contributed by atoms with E-state index in [1.54, 1.807) is 24.3 Å². The third kappa shape index (κ3) is 7.95. The summed E-state index contributed by atoms with van der Waals surface area (Å²) in [5, 5.41) is 35.7. The van der Waals surface area contributed by atoms with Crippen molar-refractivity contribution < 1.29 is 43.6 Å². The van der Waals surface area contributed by atoms with E-state index < -0.39 is 47.4 Å². The number of carbonyl (C=O) groups is 3. The van der Waals surface area contributed by atoms with Gasteiger partial charge in [-0.3, -0.25) is 24.2 Å². The van der Waals surface area contributed by atoms with E-state index in [4.69, 9.17) is 9.47 Å². The van der Waals surface area contributed by atoms with E-state index in [0.29, 0.717) is 25.2 Å². The van der Waals surface area contributed by atoms with Crippen LogP contribution in [0.5, 0.6) is 5.75 Å². The number of halogens is 1. The molecule has 12 heteroatoms. The second-order valence-corrected chi connectivity index (χ2v) is 12.2. The molecule has 0 radical (unpaired) electrons. The minimum atomic E-state index is -3.25. The van der Waals surface area contributed by atoms with Crippen LogP contribution in [0.4, 0.5) is 4.39 Å². The molecule has 2 amide bonds. The average molecular weight is 604 g/mol. The molecular formula is C31H42FN3O8. The number of ether oxygens (including phenoxy) is 2. The summed E-state index contributed by atoms with van der Waals surface area (Å²) >= 11 is 0. The SMILES string of the molecule is CNC(=O)CCC(O)(C=O)N(C=O)C(O)(O)c1c(C)cccc1OCc1cccc(CN2CC(C)(C)OC(C)(C)C2)c1F. The third-order valence-electron chi connectivity index (χ3n) is 7.31. The highest BCUT2D eigenvalue weighted by Crippen LogP contribution is 2.37. The quantitative estimate of drug-likeness (QED) is 0.199. The largest absolute Gasteiger partial charge is 0.488 e. The lowest BCUT2D eigenvalue weighted by atomic mass is 9.98. The molecule has 1 heterocycles. The van der Waals surface area contributed by atoms with Crippen LogP contribution >= 0.6 is 0 Å². The highest BCUT2D eigenvalue weighted by Gasteiger charge is 2.49. The van der Waals surface area contributed by atoms with Gasteiger partial charge in [-0.05, 0) is 46.2 Å². The summed E-state index contributed by atoms with van der Waals surface area (Å²) in [6.07, 6.45) is -1.17. The van der Waals surface area contributed by atoms with Crippen molar-refractivity contribution in [1.82, 2.24) is 15.1 Å². The monoisotopic (exact) mass is 603 g/mol. The summed E-state index contributed by atoms with van der Waals surface area (Å²) in [6.45, 7) is 10.7. The molecule has 3 rings (SSSR count). The van der Waals surface area contributed by atoms with Gasteiger partial charge in [0.05, 0.1) is 16.8 Å². The zero-order chi connectivity index (χ0) is 32.2. The maximum Gasteiger partial charge on any atom is 0.283 e. The highest BCUT2D eigenvalue weighted by atomic mass is 19.1. The molecule has 43 heavy (non-hydrogen) atoms. The van der Waals surface area contributed by atoms with E-state index in [1.807, 2.05) is 27.7 Å². The van der Waals surface area contributed by atoms with Crippen molar-refractivity contribution >= 4 is 18.6 Å². The second kappa shape index (κ2) is 13.1. The van der Waals surface area contributed by atoms with E-state index >= 15 is 4.39 Å². The zero-order valence-corrected chi connectivity index (χ0v) is 25.5. The fraction of sp³-hybridized carbons (Fsp3) is 0.516. The highest BCUT2D eigenvalue weighted by molar-refractivity contribution is 5.77. The Hall–Kier alpha value is -3.42. The summed E-state index contributed by atoms with van der Waals surface area (Å²) < 4.78 is 27.7. The molecule has 1 atom stereocenters. The van der Waals surface area contributed by atoms with Gasteiger partial charge in [-0.25, -0.2) is 4.39 Å². The molecule has 1 aliphatic rings. The maximum atomic E-state index is 15.7. The number of morpholine rings is 1. The average Bonchev–Trinajstić information content (AvgIpc) is 2.90. The fourth-order valence-electron chi connectivity index (χ4n) is 5.72. The van der Waals surface area contributed by atoms with E-state index in [-0.39, 0.29) is 46.6 Å². The van der Waals surface area contributed by atoms with Crippen LogP contribution in [0.25, 0.3) is 0 Å². The Morgan fingerprint density at radius 2 is 1.70 bits per heavy atom. The van der Waals surface area contributed by atoms with Crippen LogP contribution in [-0.2, 0) is 38.2 Å². The first-order valence-corrected chi connectivity index (χ1v) is 14.0. The molecule has 1 aliphatic heterocycles. The predicted molar refractivity (Wildman–Crippen MR) is 155 cm³/mol. The Kier molecular flexibility index (Phi) is 10.4. The van der Waals surface area contributed by atoms with E-state index in [1.165, 1.54) is 26.1 Å². The number of nitrogens with one attached hydrogen (secondary N) is 1. The van der Waals surface area contributed by atoms with Crippen LogP contribution in [0.15, 0.2) is 36.4 Å². The van der Waals surface area contributed by atoms with Crippen LogP contribution in [0.1, 0.15) is 62.8 Å². The Morgan fingerprint density at radius 3 is 2.28 bits per heavy atom. The van der Waals surface area contributed by atoms with Crippen molar-refractivity contribution in [3.63, 3.8) is 0 Å². The van der Waals surface area contributed by atoms with Crippen molar-refractivity contribution in [3.05, 3.63) is 64.5 Å². The normalized spacial score (nSPS) is 17.9. The molecule has 4 N–H and O–H groups in total. The van der Waals surface area contributed by atoms with Gasteiger partial charge in [0, 0.05) is 50.7 Å². The van der Waals surface area contributed by atoms with Gasteiger partial charge in [-0.2, -0.15) is 0 Å². The molecule has 0 bridgehead atoms. The first-order chi connectivity index (χ1) is 20.0. The van der Waals surface area contributed by atoms with Crippen LogP contribution in [0, 0.1) is 12.7 Å². The number of rotatable bonds is 13. The van der Waals surface area contributed by atoms with Crippen LogP contribution < -0.4 is 10.1 Å². The summed E-state index contributed by atoms with van der Waals surface area (Å²) in [5.41, 5.74) is -3.01. The number of benzene rings is 2. The summed E-state index contributed by atoms with van der Waals surface area (Å²) in [7, 11) is 1.35. The van der Waals surface area contributed by atoms with Crippen molar-refractivity contribution in [2.24, 2.45) is 0 Å². The van der Waals surface area contributed by atoms with Crippen molar-refractivity contribution in [2.75, 3.05) is 20.1 Å². The number of aldehydes is 1. The first-order valence-electron chi connectivity index (χ1n) is 14.0. The fourth-order valence-corrected chi connectivity index (χ4v) is 5.72. The van der Waals surface area contributed by atoms with Crippen LogP contribution in [-0.4, -0.2) is 80.8 Å². The van der Waals surface area contributed by atoms with E-state index in [0.717, 1.165) is 0 Å². The van der Waals surface area contributed by atoms with Gasteiger partial charge in [0.1, 0.15) is 18.2 Å². The number of amides is 2. The standard InChI is InChI=1S/C31H42FN3O8/c1-21-9-7-12-24(26(21)31(40,41)35(20-37)30(39,19-36)14-13-25(38)33-6)42-16-23-11-8-10-22(27(23)32)15-34-17-28(2,3)43-29(4,5)18-34/h7-12,19-20,39-41H,13-18H2,1-6H3,(H,33,38). The molecule has 1 unspecified atom stereocenters. The van der Waals surface area contributed by atoms with Gasteiger partial charge in [-0.15, -0.1) is 0 Å². The van der Waals surface area contributed by atoms with Crippen molar-refractivity contribution in [1.29, 1.82) is 0 Å². The van der Waals surface area contributed by atoms with Gasteiger partial charge >= 0.3 is 0 Å². The topological polar surface area (TPSA) is 149 Å². The molecule has 236 valence electrons. The molecule has 0 aliphatic carbocycles. The van der Waals surface area contributed by atoms with Crippen LogP contribution in [0.2, 0.25) is 0 Å². The lowest BCUT2D eigenvalue weighted by Crippen LogP contribution is -2.60. The van der Waals surface area contributed by atoms with Gasteiger partial charge in [0.2, 0.25) is 18.0 Å². The number of carbonyl (C=O) groups excluding carboxylic acids is 3. The second-order valence-electron chi connectivity index (χ2n) is 12.2. The number of nitrogens with zero attached hydrogens (tertiary/aromatic N) is 2. The molecule has 0 aromatic heterocycles. The minimum Gasteiger partial charge on any atom is -0.488 e. The molecule has 11 nitrogen and oxygen atoms in total. The molecular weight excluding hydrogens is 561 g/mol. The number of hydrogen-bond acceptors (Lipinski definition) is 9. The molecule has 2 aromatic rings. The summed E-state index contributed by atoms with van der Waals surface area (Å²) in [4.78, 5) is 37.9. The van der Waals surface area contributed by atoms with Crippen molar-refractivity contribution in [2.45, 2.75) is 83.5 Å². The van der Waals surface area contributed by atoms with Gasteiger partial charge < -0.3 is 30.1 Å². The zero-order valence-electron chi connectivity index (χ0n) is 25.5. The smallest absolute Gasteiger partial charge is 0.283 e. The lowest BCUT2D eigenvalue weighted by molar-refractivity contribution is -0.309. The van der Waals surface area contributed by atoms with E-state index in [2.05, 4.69) is 10.2 Å². The van der Waals surface area contributed by atoms with E-state index in [9.17, 15) is 29.7 Å². The number of aryl methyl sites for hydroxylation is 1. The Balaban J connectivity index is 1.88. The maximum absolute atomic E-state index is 15.7. The molecule has 0 saturated carbocycles. The number of aliphatic hydroxyl groups is 3. The molecule has 0 spiro atoms. The van der Waals surface area contributed by atoms with Crippen molar-refractivity contribution in [3.8, 4) is 5.75 Å². The van der Waals surface area contributed by atoms with Gasteiger partial charge in [0.25, 0.3) is 5.91 Å². The Labute approximate surface area is 251 Å². The third-order valence-corrected chi connectivity index (χ3v) is 7.31. The summed E-state index contributed by atoms with van der Waals surface area (Å²) in [6, 6.07) is 9.40. The van der Waals surface area contributed by atoms with Gasteiger partial charge in [0.15, 0.2) is 6.29 Å². The van der Waals surface area contributed by atoms with Crippen LogP contribution in [0.3, 0.4) is 0 Å². The lowest BCUT2D eigenvalue weighted by Gasteiger charge is -2.47. The first kappa shape index (κ1) is 34.1. The predicted octanol–water partition coefficient (Wildman–Crippen LogP) is 2.07. The minimum absolute atomic E-state index is 0.0537. The Morgan fingerprint density at radius 1 is 1.09 bits per heavy atom. The van der Waals surface area contributed by atoms with Gasteiger partial charge in [-0.1, -0.05) is 30.3 Å². The molecule has 1 saturated heterocycles. The molecule has 2 aromatic carbocycles.